The van der Waals surface area contributed by atoms with Crippen LogP contribution in [0.25, 0.3) is 21.8 Å². The number of carbonyl (C=O) groups is 1. The van der Waals surface area contributed by atoms with Crippen LogP contribution < -0.4 is 10.3 Å². The summed E-state index contributed by atoms with van der Waals surface area (Å²) in [5.41, 5.74) is 2.39. The number of ether oxygens (including phenoxy) is 1. The molecule has 0 aliphatic rings. The summed E-state index contributed by atoms with van der Waals surface area (Å²) in [6, 6.07) is 6.99. The van der Waals surface area contributed by atoms with Crippen LogP contribution in [0.5, 0.6) is 0 Å². The van der Waals surface area contributed by atoms with E-state index in [1.165, 1.54) is 0 Å². The Morgan fingerprint density at radius 2 is 1.77 bits per heavy atom. The largest absolute Gasteiger partial charge is 0.465 e. The number of carbonyl (C=O) groups excluding carboxylic acids is 1. The van der Waals surface area contributed by atoms with Crippen LogP contribution >= 0.6 is 23.2 Å². The normalized spacial score (nSPS) is 11.9. The van der Waals surface area contributed by atoms with E-state index in [0.29, 0.717) is 37.5 Å². The number of halogens is 2. The van der Waals surface area contributed by atoms with Gasteiger partial charge in [0.2, 0.25) is 0 Å². The fourth-order valence-corrected chi connectivity index (χ4v) is 4.51. The van der Waals surface area contributed by atoms with Gasteiger partial charge in [0.25, 0.3) is 0 Å². The Bertz CT molecular complexity index is 1210. The molecule has 3 rings (SSSR count). The minimum atomic E-state index is -0.388. The fraction of sp³-hybridized carbons (Fsp3) is 0.391. The van der Waals surface area contributed by atoms with Gasteiger partial charge in [-0.15, -0.1) is 0 Å². The van der Waals surface area contributed by atoms with E-state index in [0.717, 1.165) is 5.56 Å². The lowest BCUT2D eigenvalue weighted by Gasteiger charge is -2.25. The monoisotopic (exact) mass is 448 g/mol. The van der Waals surface area contributed by atoms with Gasteiger partial charge in [-0.05, 0) is 42.2 Å². The summed E-state index contributed by atoms with van der Waals surface area (Å²) in [5, 5.41) is 1.95. The number of rotatable bonds is 4. The predicted octanol–water partition coefficient (Wildman–Crippen LogP) is 5.39. The molecule has 7 heteroatoms. The third-order valence-electron chi connectivity index (χ3n) is 5.09. The zero-order valence-electron chi connectivity index (χ0n) is 18.1. The van der Waals surface area contributed by atoms with E-state index in [4.69, 9.17) is 27.9 Å². The molecule has 0 saturated heterocycles. The van der Waals surface area contributed by atoms with Crippen molar-refractivity contribution in [3.05, 3.63) is 50.1 Å². The van der Waals surface area contributed by atoms with E-state index in [1.807, 2.05) is 29.6 Å². The summed E-state index contributed by atoms with van der Waals surface area (Å²) in [6.07, 6.45) is 0. The van der Waals surface area contributed by atoms with Gasteiger partial charge in [-0.3, -0.25) is 9.59 Å². The second-order valence-corrected chi connectivity index (χ2v) is 9.32. The molecule has 0 radical (unpaired) electrons. The minimum Gasteiger partial charge on any atom is -0.465 e. The van der Waals surface area contributed by atoms with Crippen LogP contribution in [0.3, 0.4) is 0 Å². The summed E-state index contributed by atoms with van der Waals surface area (Å²) >= 11 is 13.1. The third kappa shape index (κ3) is 3.88. The van der Waals surface area contributed by atoms with Gasteiger partial charge in [0.05, 0.1) is 28.4 Å². The standard InChI is InChI=1S/C23H26Cl2N2O3/c1-7-30-19(28)12-27-18-11-15(23(2,3)4)17(25)10-14(18)22(29)13-8-9-16(24)21(20(13)27)26(5)6/h8-11H,7,12H2,1-6H3. The van der Waals surface area contributed by atoms with Crippen LogP contribution in [0, 0.1) is 0 Å². The molecule has 0 N–H and O–H groups in total. The molecule has 0 unspecified atom stereocenters. The van der Waals surface area contributed by atoms with Crippen LogP contribution in [0.2, 0.25) is 10.0 Å². The Kier molecular flexibility index (Phi) is 6.08. The number of benzene rings is 2. The Labute approximate surface area is 186 Å². The van der Waals surface area contributed by atoms with Gasteiger partial charge in [-0.2, -0.15) is 0 Å². The molecule has 0 amide bonds. The minimum absolute atomic E-state index is 0.0481. The van der Waals surface area contributed by atoms with E-state index in [1.54, 1.807) is 25.1 Å². The highest BCUT2D eigenvalue weighted by molar-refractivity contribution is 6.35. The first kappa shape index (κ1) is 22.4. The third-order valence-corrected chi connectivity index (χ3v) is 5.70. The lowest BCUT2D eigenvalue weighted by Crippen LogP contribution is -2.22. The van der Waals surface area contributed by atoms with Gasteiger partial charge in [-0.1, -0.05) is 44.0 Å². The van der Waals surface area contributed by atoms with Crippen LogP contribution in [0.15, 0.2) is 29.1 Å². The summed E-state index contributed by atoms with van der Waals surface area (Å²) < 4.78 is 7.03. The van der Waals surface area contributed by atoms with Crippen LogP contribution in [0.1, 0.15) is 33.3 Å². The second kappa shape index (κ2) is 8.12. The smallest absolute Gasteiger partial charge is 0.325 e. The van der Waals surface area contributed by atoms with Gasteiger partial charge >= 0.3 is 5.97 Å². The van der Waals surface area contributed by atoms with Crippen molar-refractivity contribution in [1.82, 2.24) is 4.57 Å². The van der Waals surface area contributed by atoms with Gasteiger partial charge in [0, 0.05) is 29.9 Å². The quantitative estimate of drug-likeness (QED) is 0.396. The molecule has 1 heterocycles. The molecule has 1 aromatic heterocycles. The average molecular weight is 449 g/mol. The van der Waals surface area contributed by atoms with E-state index in [-0.39, 0.29) is 30.0 Å². The molecule has 0 spiro atoms. The van der Waals surface area contributed by atoms with Crippen LogP contribution in [0.4, 0.5) is 5.69 Å². The van der Waals surface area contributed by atoms with Gasteiger partial charge in [0.15, 0.2) is 5.43 Å². The van der Waals surface area contributed by atoms with E-state index in [2.05, 4.69) is 20.8 Å². The van der Waals surface area contributed by atoms with Gasteiger partial charge in [-0.25, -0.2) is 0 Å². The maximum atomic E-state index is 13.4. The SMILES string of the molecule is CCOC(=O)Cn1c2cc(C(C)(C)C)c(Cl)cc2c(=O)c2ccc(Cl)c(N(C)C)c21. The van der Waals surface area contributed by atoms with Crippen molar-refractivity contribution in [1.29, 1.82) is 0 Å². The molecule has 0 atom stereocenters. The van der Waals surface area contributed by atoms with Crippen molar-refractivity contribution in [3.63, 3.8) is 0 Å². The number of pyridine rings is 1. The zero-order chi connectivity index (χ0) is 22.4. The number of hydrogen-bond acceptors (Lipinski definition) is 4. The maximum Gasteiger partial charge on any atom is 0.325 e. The average Bonchev–Trinajstić information content (AvgIpc) is 2.63. The molecule has 2 aromatic carbocycles. The molecule has 0 fully saturated rings. The second-order valence-electron chi connectivity index (χ2n) is 8.51. The molecule has 5 nitrogen and oxygen atoms in total. The number of hydrogen-bond donors (Lipinski definition) is 0. The van der Waals surface area contributed by atoms with Crippen molar-refractivity contribution in [2.75, 3.05) is 25.6 Å². The molecule has 0 aliphatic heterocycles. The Morgan fingerprint density at radius 1 is 1.10 bits per heavy atom. The van der Waals surface area contributed by atoms with Gasteiger partial charge < -0.3 is 14.2 Å². The molecule has 0 aliphatic carbocycles. The number of aromatic nitrogens is 1. The van der Waals surface area contributed by atoms with E-state index in [9.17, 15) is 9.59 Å². The molecule has 0 bridgehead atoms. The highest BCUT2D eigenvalue weighted by Gasteiger charge is 2.23. The predicted molar refractivity (Wildman–Crippen MR) is 125 cm³/mol. The fourth-order valence-electron chi connectivity index (χ4n) is 3.74. The summed E-state index contributed by atoms with van der Waals surface area (Å²) in [5.74, 6) is -0.388. The molecule has 0 saturated carbocycles. The first-order valence-electron chi connectivity index (χ1n) is 9.79. The number of esters is 1. The molecule has 30 heavy (non-hydrogen) atoms. The Balaban J connectivity index is 2.58. The van der Waals surface area contributed by atoms with E-state index >= 15 is 0 Å². The number of anilines is 1. The van der Waals surface area contributed by atoms with Crippen LogP contribution in [-0.4, -0.2) is 31.2 Å². The molecular formula is C23H26Cl2N2O3. The summed E-state index contributed by atoms with van der Waals surface area (Å²) in [7, 11) is 3.71. The van der Waals surface area contributed by atoms with Crippen LogP contribution in [-0.2, 0) is 21.5 Å². The van der Waals surface area contributed by atoms with Crippen molar-refractivity contribution >= 4 is 56.7 Å². The lowest BCUT2D eigenvalue weighted by molar-refractivity contribution is -0.143. The van der Waals surface area contributed by atoms with Gasteiger partial charge in [0.1, 0.15) is 6.54 Å². The molecular weight excluding hydrogens is 423 g/mol. The first-order valence-corrected chi connectivity index (χ1v) is 10.5. The number of fused-ring (bicyclic) bond motifs is 2. The lowest BCUT2D eigenvalue weighted by atomic mass is 9.86. The zero-order valence-corrected chi connectivity index (χ0v) is 19.6. The molecule has 3 aromatic rings. The number of nitrogens with zero attached hydrogens (tertiary/aromatic N) is 2. The first-order chi connectivity index (χ1) is 14.0. The Hall–Kier alpha value is -2.24. The van der Waals surface area contributed by atoms with Crippen molar-refractivity contribution in [2.24, 2.45) is 0 Å². The van der Waals surface area contributed by atoms with E-state index < -0.39 is 0 Å². The summed E-state index contributed by atoms with van der Waals surface area (Å²) in [6.45, 7) is 8.15. The van der Waals surface area contributed by atoms with Crippen molar-refractivity contribution < 1.29 is 9.53 Å². The highest BCUT2D eigenvalue weighted by Crippen LogP contribution is 2.37. The Morgan fingerprint density at radius 3 is 2.33 bits per heavy atom. The van der Waals surface area contributed by atoms with Crippen molar-refractivity contribution in [3.8, 4) is 0 Å². The molecule has 160 valence electrons. The highest BCUT2D eigenvalue weighted by atomic mass is 35.5. The van der Waals surface area contributed by atoms with Crippen molar-refractivity contribution in [2.45, 2.75) is 39.7 Å². The topological polar surface area (TPSA) is 51.5 Å². The summed E-state index contributed by atoms with van der Waals surface area (Å²) in [4.78, 5) is 27.8. The maximum absolute atomic E-state index is 13.4.